The molecule has 0 saturated carbocycles. The van der Waals surface area contributed by atoms with E-state index in [1.807, 2.05) is 23.5 Å². The van der Waals surface area contributed by atoms with Crippen molar-refractivity contribution in [3.05, 3.63) is 12.7 Å². The average molecular weight is 281 g/mol. The van der Waals surface area contributed by atoms with Gasteiger partial charge in [-0.3, -0.25) is 4.79 Å². The molecule has 0 spiro atoms. The third-order valence-electron chi connectivity index (χ3n) is 1.83. The van der Waals surface area contributed by atoms with Gasteiger partial charge in [0.2, 0.25) is 5.12 Å². The number of carbonyl (C=O) groups excluding carboxylic acids is 1. The lowest BCUT2D eigenvalue weighted by Crippen LogP contribution is -2.09. The van der Waals surface area contributed by atoms with Crippen LogP contribution in [0.25, 0.3) is 0 Å². The van der Waals surface area contributed by atoms with Crippen molar-refractivity contribution in [1.82, 2.24) is 0 Å². The molecular weight excluding hydrogens is 264 g/mol. The second kappa shape index (κ2) is 7.98. The molecule has 0 aromatic rings. The summed E-state index contributed by atoms with van der Waals surface area (Å²) in [5, 5.41) is 2.57. The van der Waals surface area contributed by atoms with Gasteiger partial charge in [0, 0.05) is 32.8 Å². The van der Waals surface area contributed by atoms with Crippen LogP contribution in [0, 0.1) is 0 Å². The molecular formula is C10H16OS4. The second-order valence-corrected chi connectivity index (χ2v) is 8.47. The Balaban J connectivity index is 2.03. The van der Waals surface area contributed by atoms with Gasteiger partial charge in [0.15, 0.2) is 0 Å². The molecule has 0 N–H and O–H groups in total. The van der Waals surface area contributed by atoms with Crippen LogP contribution in [-0.4, -0.2) is 38.0 Å². The fraction of sp³-hybridized carbons (Fsp3) is 0.700. The first-order valence-electron chi connectivity index (χ1n) is 4.82. The molecule has 0 aromatic carbocycles. The van der Waals surface area contributed by atoms with Crippen LogP contribution in [0.5, 0.6) is 0 Å². The Morgan fingerprint density at radius 1 is 1.73 bits per heavy atom. The third kappa shape index (κ3) is 6.19. The molecule has 1 heterocycles. The third-order valence-corrected chi connectivity index (χ3v) is 7.46. The minimum absolute atomic E-state index is 0.0916. The maximum absolute atomic E-state index is 11.1. The summed E-state index contributed by atoms with van der Waals surface area (Å²) in [7, 11) is 0. The van der Waals surface area contributed by atoms with Crippen molar-refractivity contribution in [1.29, 1.82) is 0 Å². The lowest BCUT2D eigenvalue weighted by molar-refractivity contribution is -0.107. The fourth-order valence-electron chi connectivity index (χ4n) is 1.11. The smallest absolute Gasteiger partial charge is 0.211 e. The molecule has 1 nitrogen and oxygen atoms in total. The van der Waals surface area contributed by atoms with Crippen LogP contribution in [0.15, 0.2) is 12.7 Å². The molecule has 1 saturated heterocycles. The molecule has 2 atom stereocenters. The first-order valence-corrected chi connectivity index (χ1v) is 9.06. The molecule has 0 amide bonds. The van der Waals surface area contributed by atoms with Gasteiger partial charge < -0.3 is 0 Å². The quantitative estimate of drug-likeness (QED) is 0.692. The van der Waals surface area contributed by atoms with Gasteiger partial charge in [-0.1, -0.05) is 25.3 Å². The monoisotopic (exact) mass is 280 g/mol. The van der Waals surface area contributed by atoms with E-state index in [2.05, 4.69) is 25.3 Å². The molecule has 2 unspecified atom stereocenters. The van der Waals surface area contributed by atoms with E-state index >= 15 is 0 Å². The van der Waals surface area contributed by atoms with E-state index in [1.54, 1.807) is 0 Å². The van der Waals surface area contributed by atoms with Crippen molar-refractivity contribution in [2.24, 2.45) is 0 Å². The molecule has 0 radical (unpaired) electrons. The van der Waals surface area contributed by atoms with Crippen molar-refractivity contribution in [3.8, 4) is 0 Å². The number of hydrogen-bond acceptors (Lipinski definition) is 5. The van der Waals surface area contributed by atoms with E-state index in [0.717, 1.165) is 11.0 Å². The number of hydrogen-bond donors (Lipinski definition) is 0. The zero-order chi connectivity index (χ0) is 11.1. The minimum Gasteiger partial charge on any atom is -0.282 e. The fourth-order valence-corrected chi connectivity index (χ4v) is 6.43. The lowest BCUT2D eigenvalue weighted by atomic mass is 10.5. The van der Waals surface area contributed by atoms with Crippen LogP contribution in [0.3, 0.4) is 0 Å². The van der Waals surface area contributed by atoms with Gasteiger partial charge in [-0.2, -0.15) is 11.8 Å². The van der Waals surface area contributed by atoms with E-state index < -0.39 is 0 Å². The molecule has 1 rings (SSSR count). The number of carbonyl (C=O) groups is 1. The highest BCUT2D eigenvalue weighted by atomic mass is 32.2. The van der Waals surface area contributed by atoms with Gasteiger partial charge in [0.1, 0.15) is 0 Å². The zero-order valence-electron chi connectivity index (χ0n) is 8.81. The van der Waals surface area contributed by atoms with E-state index in [1.165, 1.54) is 34.4 Å². The Morgan fingerprint density at radius 2 is 2.53 bits per heavy atom. The van der Waals surface area contributed by atoms with Crippen molar-refractivity contribution in [2.75, 3.05) is 22.3 Å². The maximum Gasteiger partial charge on any atom is 0.211 e. The predicted octanol–water partition coefficient (Wildman–Crippen LogP) is 3.36. The summed E-state index contributed by atoms with van der Waals surface area (Å²) in [6.07, 6.45) is 1.40. The predicted molar refractivity (Wildman–Crippen MR) is 78.3 cm³/mol. The summed E-state index contributed by atoms with van der Waals surface area (Å²) in [6, 6.07) is 0. The van der Waals surface area contributed by atoms with Crippen LogP contribution in [0.1, 0.15) is 6.92 Å². The van der Waals surface area contributed by atoms with Gasteiger partial charge in [-0.15, -0.1) is 23.5 Å². The van der Waals surface area contributed by atoms with Crippen LogP contribution in [0.2, 0.25) is 0 Å². The molecule has 1 aliphatic rings. The Labute approximate surface area is 109 Å². The van der Waals surface area contributed by atoms with Gasteiger partial charge in [0.05, 0.1) is 0 Å². The van der Waals surface area contributed by atoms with Gasteiger partial charge in [-0.05, 0) is 6.08 Å². The van der Waals surface area contributed by atoms with Crippen LogP contribution >= 0.6 is 47.0 Å². The number of thioether (sulfide) groups is 4. The topological polar surface area (TPSA) is 17.1 Å². The summed E-state index contributed by atoms with van der Waals surface area (Å²) in [5.74, 6) is 3.58. The summed E-state index contributed by atoms with van der Waals surface area (Å²) < 4.78 is 0. The Bertz CT molecular complexity index is 213. The van der Waals surface area contributed by atoms with E-state index in [0.29, 0.717) is 5.25 Å². The zero-order valence-corrected chi connectivity index (χ0v) is 12.1. The van der Waals surface area contributed by atoms with Crippen molar-refractivity contribution < 1.29 is 4.79 Å². The summed E-state index contributed by atoms with van der Waals surface area (Å²) in [6.45, 7) is 5.58. The SMILES string of the molecule is C=CC(=O)SC(C)CSCC1CSCS1. The maximum atomic E-state index is 11.1. The Hall–Kier alpha value is 0.810. The Kier molecular flexibility index (Phi) is 7.38. The summed E-state index contributed by atoms with van der Waals surface area (Å²) >= 11 is 7.46. The minimum atomic E-state index is 0.0916. The molecule has 1 aliphatic heterocycles. The van der Waals surface area contributed by atoms with E-state index in [-0.39, 0.29) is 5.12 Å². The average Bonchev–Trinajstić information content (AvgIpc) is 2.70. The first kappa shape index (κ1) is 13.9. The van der Waals surface area contributed by atoms with Crippen LogP contribution in [-0.2, 0) is 4.79 Å². The lowest BCUT2D eigenvalue weighted by Gasteiger charge is -2.10. The largest absolute Gasteiger partial charge is 0.282 e. The summed E-state index contributed by atoms with van der Waals surface area (Å²) in [5.41, 5.74) is 0. The number of rotatable bonds is 6. The Morgan fingerprint density at radius 3 is 3.13 bits per heavy atom. The van der Waals surface area contributed by atoms with Gasteiger partial charge in [-0.25, -0.2) is 0 Å². The molecule has 86 valence electrons. The molecule has 15 heavy (non-hydrogen) atoms. The molecule has 5 heteroatoms. The van der Waals surface area contributed by atoms with E-state index in [4.69, 9.17) is 0 Å². The summed E-state index contributed by atoms with van der Waals surface area (Å²) in [4.78, 5) is 11.1. The van der Waals surface area contributed by atoms with Crippen molar-refractivity contribution >= 4 is 52.2 Å². The highest BCUT2D eigenvalue weighted by Crippen LogP contribution is 2.32. The van der Waals surface area contributed by atoms with Gasteiger partial charge >= 0.3 is 0 Å². The molecule has 0 bridgehead atoms. The normalized spacial score (nSPS) is 22.6. The molecule has 0 aliphatic carbocycles. The molecule has 0 aromatic heterocycles. The standard InChI is InChI=1S/C10H16OS4/c1-3-10(11)15-8(2)4-12-5-9-6-13-7-14-9/h3,8-9H,1,4-7H2,2H3. The van der Waals surface area contributed by atoms with Gasteiger partial charge in [0.25, 0.3) is 0 Å². The van der Waals surface area contributed by atoms with Crippen LogP contribution in [0.4, 0.5) is 0 Å². The highest BCUT2D eigenvalue weighted by Gasteiger charge is 2.16. The first-order chi connectivity index (χ1) is 7.22. The second-order valence-electron chi connectivity index (χ2n) is 3.27. The van der Waals surface area contributed by atoms with Crippen molar-refractivity contribution in [3.63, 3.8) is 0 Å². The van der Waals surface area contributed by atoms with Crippen LogP contribution < -0.4 is 0 Å². The molecule has 1 fully saturated rings. The highest BCUT2D eigenvalue weighted by molar-refractivity contribution is 8.20. The van der Waals surface area contributed by atoms with Crippen molar-refractivity contribution in [2.45, 2.75) is 17.4 Å². The van der Waals surface area contributed by atoms with E-state index in [9.17, 15) is 4.79 Å².